The highest BCUT2D eigenvalue weighted by atomic mass is 16.1. The molecule has 4 aliphatic rings. The van der Waals surface area contributed by atoms with Gasteiger partial charge in [0.15, 0.2) is 0 Å². The fourth-order valence-electron chi connectivity index (χ4n) is 3.86. The molecule has 0 aromatic carbocycles. The van der Waals surface area contributed by atoms with Crippen molar-refractivity contribution >= 4 is 5.94 Å². The third-order valence-corrected chi connectivity index (χ3v) is 4.14. The summed E-state index contributed by atoms with van der Waals surface area (Å²) < 4.78 is 0. The van der Waals surface area contributed by atoms with E-state index in [4.69, 9.17) is 0 Å². The Morgan fingerprint density at radius 3 is 1.83 bits per heavy atom. The van der Waals surface area contributed by atoms with Crippen LogP contribution in [0.5, 0.6) is 0 Å². The second kappa shape index (κ2) is 2.23. The summed E-state index contributed by atoms with van der Waals surface area (Å²) in [6, 6.07) is 0. The van der Waals surface area contributed by atoms with Gasteiger partial charge in [0.1, 0.15) is 5.94 Å². The molecule has 0 N–H and O–H groups in total. The number of hydrogen-bond donors (Lipinski definition) is 0. The highest BCUT2D eigenvalue weighted by Crippen LogP contribution is 2.55. The minimum Gasteiger partial charge on any atom is -0.234 e. The summed E-state index contributed by atoms with van der Waals surface area (Å²) in [5.74, 6) is 5.44. The highest BCUT2D eigenvalue weighted by Gasteiger charge is 2.45. The second-order valence-electron chi connectivity index (χ2n) is 4.86. The Morgan fingerprint density at radius 2 is 1.42 bits per heavy atom. The molecule has 0 spiro atoms. The van der Waals surface area contributed by atoms with Crippen molar-refractivity contribution in [3.05, 3.63) is 5.57 Å². The average molecular weight is 162 g/mol. The Morgan fingerprint density at radius 1 is 0.917 bits per heavy atom. The van der Waals surface area contributed by atoms with E-state index < -0.39 is 0 Å². The van der Waals surface area contributed by atoms with Gasteiger partial charge < -0.3 is 0 Å². The van der Waals surface area contributed by atoms with Crippen LogP contribution in [0.1, 0.15) is 32.1 Å². The van der Waals surface area contributed by atoms with E-state index in [0.29, 0.717) is 11.8 Å². The molecule has 64 valence electrons. The summed E-state index contributed by atoms with van der Waals surface area (Å²) in [5.41, 5.74) is 1.15. The van der Waals surface area contributed by atoms with Gasteiger partial charge in [-0.3, -0.25) is 0 Å². The van der Waals surface area contributed by atoms with E-state index in [9.17, 15) is 4.79 Å². The van der Waals surface area contributed by atoms with E-state index in [0.717, 1.165) is 17.4 Å². The largest absolute Gasteiger partial charge is 0.234 e. The van der Waals surface area contributed by atoms with Gasteiger partial charge in [-0.1, -0.05) is 0 Å². The van der Waals surface area contributed by atoms with Gasteiger partial charge in [0, 0.05) is 5.57 Å². The number of rotatable bonds is 0. The predicted molar refractivity (Wildman–Crippen MR) is 46.3 cm³/mol. The van der Waals surface area contributed by atoms with Crippen molar-refractivity contribution in [1.29, 1.82) is 0 Å². The summed E-state index contributed by atoms with van der Waals surface area (Å²) in [4.78, 5) is 10.7. The third kappa shape index (κ3) is 0.778. The first kappa shape index (κ1) is 6.91. The molecule has 0 aromatic heterocycles. The van der Waals surface area contributed by atoms with E-state index >= 15 is 0 Å². The molecule has 4 aliphatic carbocycles. The van der Waals surface area contributed by atoms with Crippen molar-refractivity contribution in [3.8, 4) is 0 Å². The van der Waals surface area contributed by atoms with Crippen molar-refractivity contribution in [2.45, 2.75) is 32.1 Å². The van der Waals surface area contributed by atoms with E-state index in [1.54, 1.807) is 0 Å². The van der Waals surface area contributed by atoms with Crippen molar-refractivity contribution in [3.63, 3.8) is 0 Å². The number of hydrogen-bond acceptors (Lipinski definition) is 1. The maximum absolute atomic E-state index is 10.7. The summed E-state index contributed by atoms with van der Waals surface area (Å²) in [5, 5.41) is 0. The first-order valence-electron chi connectivity index (χ1n) is 5.11. The maximum Gasteiger partial charge on any atom is 0.124 e. The van der Waals surface area contributed by atoms with E-state index in [2.05, 4.69) is 5.94 Å². The van der Waals surface area contributed by atoms with Crippen molar-refractivity contribution in [2.24, 2.45) is 23.7 Å². The Kier molecular flexibility index (Phi) is 1.29. The molecule has 0 aromatic rings. The lowest BCUT2D eigenvalue weighted by Crippen LogP contribution is -2.40. The van der Waals surface area contributed by atoms with Gasteiger partial charge in [-0.05, 0) is 55.8 Å². The number of carbonyl (C=O) groups excluding carboxylic acids is 1. The van der Waals surface area contributed by atoms with Crippen LogP contribution in [-0.2, 0) is 4.79 Å². The standard InChI is InChI=1S/C11H14O/c12-6-11-9-2-7-1-8(4-9)5-10(11)3-7/h7-10H,1-5H2. The molecule has 0 aliphatic heterocycles. The smallest absolute Gasteiger partial charge is 0.124 e. The van der Waals surface area contributed by atoms with E-state index in [-0.39, 0.29) is 0 Å². The summed E-state index contributed by atoms with van der Waals surface area (Å²) >= 11 is 0. The molecule has 0 saturated heterocycles. The van der Waals surface area contributed by atoms with Gasteiger partial charge in [0.2, 0.25) is 0 Å². The van der Waals surface area contributed by atoms with E-state index in [1.165, 1.54) is 32.1 Å². The molecular formula is C11H14O. The quantitative estimate of drug-likeness (QED) is 0.499. The summed E-state index contributed by atoms with van der Waals surface area (Å²) in [6.07, 6.45) is 6.67. The van der Waals surface area contributed by atoms with Crippen LogP contribution in [0.3, 0.4) is 0 Å². The lowest BCUT2D eigenvalue weighted by Gasteiger charge is -2.49. The van der Waals surface area contributed by atoms with Crippen LogP contribution in [-0.4, -0.2) is 5.94 Å². The number of allylic oxidation sites excluding steroid dienone is 1. The minimum atomic E-state index is 0.652. The Bertz CT molecular complexity index is 230. The van der Waals surface area contributed by atoms with Crippen molar-refractivity contribution in [2.75, 3.05) is 0 Å². The molecule has 4 fully saturated rings. The van der Waals surface area contributed by atoms with Crippen LogP contribution >= 0.6 is 0 Å². The van der Waals surface area contributed by atoms with Crippen LogP contribution in [0.2, 0.25) is 0 Å². The monoisotopic (exact) mass is 162 g/mol. The maximum atomic E-state index is 10.7. The van der Waals surface area contributed by atoms with Crippen LogP contribution in [0.15, 0.2) is 5.57 Å². The molecule has 4 rings (SSSR count). The molecule has 0 radical (unpaired) electrons. The van der Waals surface area contributed by atoms with Crippen LogP contribution in [0, 0.1) is 23.7 Å². The molecule has 0 amide bonds. The van der Waals surface area contributed by atoms with Gasteiger partial charge >= 0.3 is 0 Å². The molecule has 4 saturated carbocycles. The fourth-order valence-corrected chi connectivity index (χ4v) is 3.86. The van der Waals surface area contributed by atoms with Gasteiger partial charge in [-0.25, -0.2) is 4.79 Å². The van der Waals surface area contributed by atoms with Crippen LogP contribution < -0.4 is 0 Å². The zero-order valence-electron chi connectivity index (χ0n) is 7.25. The molecule has 0 heterocycles. The topological polar surface area (TPSA) is 17.1 Å². The Labute approximate surface area is 72.8 Å². The van der Waals surface area contributed by atoms with Crippen LogP contribution in [0.25, 0.3) is 0 Å². The first-order chi connectivity index (χ1) is 5.86. The third-order valence-electron chi connectivity index (χ3n) is 4.14. The zero-order chi connectivity index (χ0) is 8.13. The molecule has 1 nitrogen and oxygen atoms in total. The lowest BCUT2D eigenvalue weighted by molar-refractivity contribution is 0.0713. The normalized spacial score (nSPS) is 49.5. The summed E-state index contributed by atoms with van der Waals surface area (Å²) in [7, 11) is 0. The zero-order valence-corrected chi connectivity index (χ0v) is 7.25. The minimum absolute atomic E-state index is 0.652. The Balaban J connectivity index is 2.00. The Hall–Kier alpha value is -0.550. The van der Waals surface area contributed by atoms with Gasteiger partial charge in [-0.15, -0.1) is 0 Å². The van der Waals surface area contributed by atoms with Gasteiger partial charge in [-0.2, -0.15) is 0 Å². The molecule has 12 heavy (non-hydrogen) atoms. The second-order valence-corrected chi connectivity index (χ2v) is 4.86. The average Bonchev–Trinajstić information content (AvgIpc) is 2.02. The lowest BCUT2D eigenvalue weighted by atomic mass is 9.54. The first-order valence-corrected chi connectivity index (χ1v) is 5.11. The van der Waals surface area contributed by atoms with E-state index in [1.807, 2.05) is 0 Å². The van der Waals surface area contributed by atoms with Gasteiger partial charge in [0.25, 0.3) is 0 Å². The van der Waals surface area contributed by atoms with Crippen molar-refractivity contribution in [1.82, 2.24) is 0 Å². The van der Waals surface area contributed by atoms with Crippen LogP contribution in [0.4, 0.5) is 0 Å². The predicted octanol–water partition coefficient (Wildman–Crippen LogP) is 2.20. The molecular weight excluding hydrogens is 148 g/mol. The fraction of sp³-hybridized carbons (Fsp3) is 0.818. The van der Waals surface area contributed by atoms with Gasteiger partial charge in [0.05, 0.1) is 0 Å². The molecule has 4 bridgehead atoms. The highest BCUT2D eigenvalue weighted by molar-refractivity contribution is 5.55. The van der Waals surface area contributed by atoms with Crippen molar-refractivity contribution < 1.29 is 4.79 Å². The SMILES string of the molecule is O=C=C1C2CC3CC(C2)CC1C3. The summed E-state index contributed by atoms with van der Waals surface area (Å²) in [6.45, 7) is 0. The molecule has 0 atom stereocenters. The molecule has 0 unspecified atom stereocenters. The molecule has 1 heteroatoms.